The number of pyridine rings is 1. The van der Waals surface area contributed by atoms with E-state index in [-0.39, 0.29) is 39.6 Å². The molecule has 1 aliphatic heterocycles. The number of fused-ring (bicyclic) bond motifs is 1. The number of aliphatic imine (C=N–C) groups is 1. The van der Waals surface area contributed by atoms with Crippen LogP contribution in [-0.2, 0) is 10.0 Å². The number of hydrogen-bond donors (Lipinski definition) is 2. The molecule has 0 radical (unpaired) electrons. The number of benzene rings is 1. The van der Waals surface area contributed by atoms with Gasteiger partial charge in [0.25, 0.3) is 10.0 Å². The summed E-state index contributed by atoms with van der Waals surface area (Å²) in [6, 6.07) is 9.22. The minimum absolute atomic E-state index is 0.0110. The Kier molecular flexibility index (Phi) is 6.58. The van der Waals surface area contributed by atoms with Gasteiger partial charge in [-0.15, -0.1) is 0 Å². The lowest BCUT2D eigenvalue weighted by atomic mass is 9.85. The fourth-order valence-corrected chi connectivity index (χ4v) is 5.19. The molecule has 1 aliphatic rings. The maximum atomic E-state index is 14.7. The quantitative estimate of drug-likeness (QED) is 0.505. The van der Waals surface area contributed by atoms with Crippen LogP contribution in [0.1, 0.15) is 44.5 Å². The van der Waals surface area contributed by atoms with E-state index in [2.05, 4.69) is 26.7 Å². The van der Waals surface area contributed by atoms with Crippen LogP contribution in [0.3, 0.4) is 0 Å². The summed E-state index contributed by atoms with van der Waals surface area (Å²) >= 11 is 0. The van der Waals surface area contributed by atoms with Gasteiger partial charge in [-0.1, -0.05) is 38.5 Å². The molecule has 3 aromatic rings. The number of aromatic nitrogens is 2. The number of rotatable bonds is 6. The van der Waals surface area contributed by atoms with Gasteiger partial charge in [-0.2, -0.15) is 5.26 Å². The Morgan fingerprint density at radius 2 is 1.94 bits per heavy atom. The van der Waals surface area contributed by atoms with Gasteiger partial charge in [0, 0.05) is 23.2 Å². The van der Waals surface area contributed by atoms with E-state index >= 15 is 0 Å². The van der Waals surface area contributed by atoms with E-state index in [1.807, 2.05) is 27.7 Å². The largest absolute Gasteiger partial charge is 0.365 e. The summed E-state index contributed by atoms with van der Waals surface area (Å²) in [5.74, 6) is -1.31. The first kappa shape index (κ1) is 25.3. The van der Waals surface area contributed by atoms with Gasteiger partial charge in [0.05, 0.1) is 29.8 Å². The molecule has 3 heterocycles. The molecule has 0 fully saturated rings. The van der Waals surface area contributed by atoms with Crippen molar-refractivity contribution in [2.75, 3.05) is 0 Å². The maximum Gasteiger partial charge on any atom is 0.269 e. The predicted octanol–water partition coefficient (Wildman–Crippen LogP) is 4.45. The second kappa shape index (κ2) is 9.35. The third-order valence-corrected chi connectivity index (χ3v) is 7.66. The van der Waals surface area contributed by atoms with Gasteiger partial charge in [-0.3, -0.25) is 4.99 Å². The molecule has 0 spiro atoms. The Balaban J connectivity index is 1.77. The number of nitrogens with zero attached hydrogens (tertiary/aromatic N) is 4. The predicted molar refractivity (Wildman–Crippen MR) is 133 cm³/mol. The Morgan fingerprint density at radius 3 is 2.58 bits per heavy atom. The lowest BCUT2D eigenvalue weighted by Crippen LogP contribution is -2.44. The van der Waals surface area contributed by atoms with E-state index in [1.165, 1.54) is 24.4 Å². The van der Waals surface area contributed by atoms with E-state index in [1.54, 1.807) is 12.1 Å². The Labute approximate surface area is 208 Å². The molecule has 0 aliphatic carbocycles. The zero-order chi connectivity index (χ0) is 26.3. The van der Waals surface area contributed by atoms with Crippen LogP contribution in [0.25, 0.3) is 11.0 Å². The normalized spacial score (nSPS) is 17.1. The van der Waals surface area contributed by atoms with E-state index in [0.717, 1.165) is 21.9 Å². The lowest BCUT2D eigenvalue weighted by molar-refractivity contribution is 0.277. The van der Waals surface area contributed by atoms with E-state index < -0.39 is 27.8 Å². The van der Waals surface area contributed by atoms with Crippen molar-refractivity contribution in [2.24, 2.45) is 10.4 Å². The van der Waals surface area contributed by atoms with Gasteiger partial charge in [-0.25, -0.2) is 26.2 Å². The zero-order valence-corrected chi connectivity index (χ0v) is 21.1. The second-order valence-corrected chi connectivity index (χ2v) is 11.5. The van der Waals surface area contributed by atoms with Crippen molar-refractivity contribution < 1.29 is 17.2 Å². The molecule has 0 amide bonds. The molecule has 0 saturated heterocycles. The molecule has 2 unspecified atom stereocenters. The number of hydrogen-bond acceptors (Lipinski definition) is 7. The summed E-state index contributed by atoms with van der Waals surface area (Å²) in [6.45, 7) is 7.61. The SMILES string of the molecule is Cc1ccc(S(=O)(=O)n2cc(C3N=CC(F)=C(NC(CC#N)C(C)(C)C)N3)c3cc(F)cnc32)cc1. The average molecular weight is 513 g/mol. The highest BCUT2D eigenvalue weighted by Gasteiger charge is 2.30. The first-order chi connectivity index (χ1) is 16.9. The third-order valence-electron chi connectivity index (χ3n) is 6.00. The molecule has 36 heavy (non-hydrogen) atoms. The zero-order valence-electron chi connectivity index (χ0n) is 20.3. The van der Waals surface area contributed by atoms with Crippen molar-refractivity contribution in [3.8, 4) is 6.07 Å². The van der Waals surface area contributed by atoms with Crippen LogP contribution >= 0.6 is 0 Å². The summed E-state index contributed by atoms with van der Waals surface area (Å²) < 4.78 is 56.8. The van der Waals surface area contributed by atoms with E-state index in [4.69, 9.17) is 0 Å². The van der Waals surface area contributed by atoms with Crippen LogP contribution in [0.2, 0.25) is 0 Å². The average Bonchev–Trinajstić information content (AvgIpc) is 3.19. The molecule has 0 saturated carbocycles. The highest BCUT2D eigenvalue weighted by molar-refractivity contribution is 7.90. The van der Waals surface area contributed by atoms with Crippen molar-refractivity contribution >= 4 is 27.3 Å². The molecule has 8 nitrogen and oxygen atoms in total. The van der Waals surface area contributed by atoms with Gasteiger partial charge in [0.1, 0.15) is 17.8 Å². The fourth-order valence-electron chi connectivity index (χ4n) is 3.86. The summed E-state index contributed by atoms with van der Waals surface area (Å²) in [7, 11) is -4.07. The molecule has 2 N–H and O–H groups in total. The molecular formula is C25H26F2N6O2S. The number of aryl methyl sites for hydroxylation is 1. The summed E-state index contributed by atoms with van der Waals surface area (Å²) in [5.41, 5.74) is 0.848. The fraction of sp³-hybridized carbons (Fsp3) is 0.320. The summed E-state index contributed by atoms with van der Waals surface area (Å²) in [6.07, 6.45) is 2.47. The summed E-state index contributed by atoms with van der Waals surface area (Å²) in [4.78, 5) is 8.25. The van der Waals surface area contributed by atoms with E-state index in [0.29, 0.717) is 5.56 Å². The first-order valence-electron chi connectivity index (χ1n) is 11.2. The minimum atomic E-state index is -4.07. The first-order valence-corrected chi connectivity index (χ1v) is 12.7. The highest BCUT2D eigenvalue weighted by atomic mass is 32.2. The van der Waals surface area contributed by atoms with Crippen molar-refractivity contribution in [3.05, 3.63) is 71.3 Å². The van der Waals surface area contributed by atoms with Crippen molar-refractivity contribution in [1.29, 1.82) is 5.26 Å². The van der Waals surface area contributed by atoms with Crippen molar-refractivity contribution in [1.82, 2.24) is 19.6 Å². The van der Waals surface area contributed by atoms with Crippen LogP contribution in [-0.4, -0.2) is 29.6 Å². The number of halogens is 2. The Bertz CT molecular complexity index is 1510. The standard InChI is InChI=1S/C25H26F2N6O2S/c1-15-5-7-17(8-6-15)36(34,35)33-14-19(18-11-16(26)12-30-24(18)33)22-29-13-20(27)23(32-22)31-21(9-10-28)25(2,3)4/h5-8,11-14,21-22,31-32H,9H2,1-4H3. The molecule has 11 heteroatoms. The van der Waals surface area contributed by atoms with Crippen LogP contribution in [0, 0.1) is 29.5 Å². The van der Waals surface area contributed by atoms with Crippen LogP contribution in [0.4, 0.5) is 8.78 Å². The van der Waals surface area contributed by atoms with Gasteiger partial charge in [0.2, 0.25) is 0 Å². The van der Waals surface area contributed by atoms with Crippen LogP contribution in [0.5, 0.6) is 0 Å². The Morgan fingerprint density at radius 1 is 1.25 bits per heavy atom. The van der Waals surface area contributed by atoms with Gasteiger partial charge >= 0.3 is 0 Å². The monoisotopic (exact) mass is 512 g/mol. The lowest BCUT2D eigenvalue weighted by Gasteiger charge is -2.33. The van der Waals surface area contributed by atoms with Crippen LogP contribution in [0.15, 0.2) is 64.3 Å². The molecule has 1 aromatic carbocycles. The molecule has 188 valence electrons. The van der Waals surface area contributed by atoms with Gasteiger partial charge < -0.3 is 10.6 Å². The number of allylic oxidation sites excluding steroid dienone is 1. The number of nitriles is 1. The smallest absolute Gasteiger partial charge is 0.269 e. The molecular weight excluding hydrogens is 486 g/mol. The molecule has 4 rings (SSSR count). The maximum absolute atomic E-state index is 14.7. The summed E-state index contributed by atoms with van der Waals surface area (Å²) in [5, 5.41) is 15.4. The molecule has 2 aromatic heterocycles. The second-order valence-electron chi connectivity index (χ2n) is 9.70. The van der Waals surface area contributed by atoms with Crippen LogP contribution < -0.4 is 10.6 Å². The topological polar surface area (TPSA) is 112 Å². The van der Waals surface area contributed by atoms with Crippen molar-refractivity contribution in [2.45, 2.75) is 51.2 Å². The molecule has 2 atom stereocenters. The third kappa shape index (κ3) is 4.81. The number of nitrogens with one attached hydrogen (secondary N) is 2. The molecule has 0 bridgehead atoms. The minimum Gasteiger partial charge on any atom is -0.365 e. The highest BCUT2D eigenvalue weighted by Crippen LogP contribution is 2.32. The van der Waals surface area contributed by atoms with Crippen molar-refractivity contribution in [3.63, 3.8) is 0 Å². The van der Waals surface area contributed by atoms with Gasteiger partial charge in [0.15, 0.2) is 11.5 Å². The van der Waals surface area contributed by atoms with Gasteiger partial charge in [-0.05, 0) is 30.5 Å². The van der Waals surface area contributed by atoms with E-state index in [9.17, 15) is 22.5 Å². The Hall–Kier alpha value is -3.78.